The summed E-state index contributed by atoms with van der Waals surface area (Å²) in [5, 5.41) is 3.74. The number of nitrogens with zero attached hydrogens (tertiary/aromatic N) is 3. The van der Waals surface area contributed by atoms with Gasteiger partial charge in [0, 0.05) is 22.6 Å². The van der Waals surface area contributed by atoms with Crippen molar-refractivity contribution in [3.8, 4) is 0 Å². The lowest BCUT2D eigenvalue weighted by Gasteiger charge is -2.47. The normalized spacial score (nSPS) is 31.4. The van der Waals surface area contributed by atoms with E-state index in [1.54, 1.807) is 29.3 Å². The number of piperidine rings is 1. The molecule has 170 valence electrons. The Morgan fingerprint density at radius 1 is 0.879 bits per heavy atom. The molecule has 2 aromatic carbocycles. The first-order chi connectivity index (χ1) is 16.1. The number of fused-ring (bicyclic) bond motifs is 5. The lowest BCUT2D eigenvalue weighted by atomic mass is 9.68. The first kappa shape index (κ1) is 21.1. The number of carbonyl (C=O) groups is 3. The molecule has 6 rings (SSSR count). The summed E-state index contributed by atoms with van der Waals surface area (Å²) >= 11 is 3.42. The Morgan fingerprint density at radius 3 is 2.36 bits per heavy atom. The molecule has 3 aliphatic heterocycles. The van der Waals surface area contributed by atoms with E-state index in [9.17, 15) is 14.4 Å². The van der Waals surface area contributed by atoms with E-state index in [0.29, 0.717) is 23.1 Å². The third kappa shape index (κ3) is 3.20. The van der Waals surface area contributed by atoms with Crippen LogP contribution in [-0.4, -0.2) is 46.4 Å². The van der Waals surface area contributed by atoms with E-state index in [-0.39, 0.29) is 23.8 Å². The van der Waals surface area contributed by atoms with Crippen LogP contribution in [0.2, 0.25) is 0 Å². The van der Waals surface area contributed by atoms with Crippen LogP contribution in [0.15, 0.2) is 59.1 Å². The Morgan fingerprint density at radius 2 is 1.61 bits per heavy atom. The number of hydrogen-bond donors (Lipinski definition) is 0. The molecule has 2 aromatic rings. The molecule has 3 saturated heterocycles. The number of carbonyl (C=O) groups excluding carboxylic acids is 3. The molecular formula is C26H26BrN3O3. The highest BCUT2D eigenvalue weighted by Crippen LogP contribution is 2.51. The van der Waals surface area contributed by atoms with Gasteiger partial charge >= 0.3 is 0 Å². The Balaban J connectivity index is 1.44. The van der Waals surface area contributed by atoms with Crippen molar-refractivity contribution in [2.45, 2.75) is 44.2 Å². The molecule has 5 atom stereocenters. The SMILES string of the molecule is O=C1[C@H]2[C@H]3C4CCCCC4CCN3N(C(=O)c3ccccc3)[C@H]2C(=O)N1c1ccc(Br)cc1. The molecule has 2 unspecified atom stereocenters. The van der Waals surface area contributed by atoms with Crippen molar-refractivity contribution in [3.05, 3.63) is 64.6 Å². The van der Waals surface area contributed by atoms with Crippen LogP contribution in [-0.2, 0) is 9.59 Å². The molecule has 33 heavy (non-hydrogen) atoms. The van der Waals surface area contributed by atoms with Crippen molar-refractivity contribution >= 4 is 39.3 Å². The number of imide groups is 1. The number of hydrazine groups is 1. The van der Waals surface area contributed by atoms with Crippen molar-refractivity contribution in [2.75, 3.05) is 11.4 Å². The second-order valence-electron chi connectivity index (χ2n) is 9.63. The molecule has 4 fully saturated rings. The Bertz CT molecular complexity index is 1110. The Labute approximate surface area is 201 Å². The maximum Gasteiger partial charge on any atom is 0.268 e. The minimum Gasteiger partial charge on any atom is -0.274 e. The third-order valence-electron chi connectivity index (χ3n) is 8.02. The van der Waals surface area contributed by atoms with E-state index in [0.717, 1.165) is 30.3 Å². The average molecular weight is 508 g/mol. The largest absolute Gasteiger partial charge is 0.274 e. The van der Waals surface area contributed by atoms with Gasteiger partial charge in [0.15, 0.2) is 0 Å². The van der Waals surface area contributed by atoms with Crippen molar-refractivity contribution in [3.63, 3.8) is 0 Å². The van der Waals surface area contributed by atoms with Crippen molar-refractivity contribution < 1.29 is 14.4 Å². The van der Waals surface area contributed by atoms with Gasteiger partial charge in [0.05, 0.1) is 11.6 Å². The molecule has 7 heteroatoms. The van der Waals surface area contributed by atoms with Crippen LogP contribution in [0.5, 0.6) is 0 Å². The van der Waals surface area contributed by atoms with Crippen LogP contribution in [0.4, 0.5) is 5.69 Å². The standard InChI is InChI=1S/C26H26BrN3O3/c27-18-10-12-19(13-11-18)29-25(32)21-22-20-9-5-4-6-16(20)14-15-28(22)30(23(21)26(29)33)24(31)17-7-2-1-3-8-17/h1-3,7-8,10-13,16,20-23H,4-6,9,14-15H2/t16?,20?,21-,22+,23+/m0/s1. The highest BCUT2D eigenvalue weighted by atomic mass is 79.9. The van der Waals surface area contributed by atoms with Crippen molar-refractivity contribution in [2.24, 2.45) is 17.8 Å². The van der Waals surface area contributed by atoms with Gasteiger partial charge in [-0.25, -0.2) is 9.91 Å². The minimum atomic E-state index is -0.778. The van der Waals surface area contributed by atoms with Gasteiger partial charge in [0.1, 0.15) is 6.04 Å². The number of rotatable bonds is 2. The van der Waals surface area contributed by atoms with Gasteiger partial charge in [-0.3, -0.25) is 19.4 Å². The first-order valence-corrected chi connectivity index (χ1v) is 12.6. The Kier molecular flexibility index (Phi) is 5.14. The number of halogens is 1. The maximum absolute atomic E-state index is 13.8. The fourth-order valence-corrected chi connectivity index (χ4v) is 6.91. The molecule has 3 heterocycles. The van der Waals surface area contributed by atoms with E-state index < -0.39 is 12.0 Å². The van der Waals surface area contributed by atoms with Crippen LogP contribution in [0, 0.1) is 17.8 Å². The van der Waals surface area contributed by atoms with Crippen LogP contribution < -0.4 is 4.90 Å². The molecular weight excluding hydrogens is 482 g/mol. The molecule has 0 spiro atoms. The molecule has 6 nitrogen and oxygen atoms in total. The lowest BCUT2D eigenvalue weighted by Crippen LogP contribution is -2.57. The smallest absolute Gasteiger partial charge is 0.268 e. The molecule has 0 aromatic heterocycles. The van der Waals surface area contributed by atoms with Gasteiger partial charge in [-0.05, 0) is 61.1 Å². The molecule has 0 N–H and O–H groups in total. The van der Waals surface area contributed by atoms with Gasteiger partial charge in [-0.2, -0.15) is 0 Å². The Hall–Kier alpha value is -2.51. The van der Waals surface area contributed by atoms with Crippen molar-refractivity contribution in [1.29, 1.82) is 0 Å². The zero-order valence-corrected chi connectivity index (χ0v) is 19.9. The number of hydrogen-bond acceptors (Lipinski definition) is 4. The van der Waals surface area contributed by atoms with Crippen LogP contribution in [0.25, 0.3) is 0 Å². The molecule has 3 amide bonds. The van der Waals surface area contributed by atoms with E-state index in [1.165, 1.54) is 17.7 Å². The van der Waals surface area contributed by atoms with Gasteiger partial charge in [0.25, 0.3) is 11.8 Å². The zero-order valence-electron chi connectivity index (χ0n) is 18.3. The molecule has 1 aliphatic carbocycles. The van der Waals surface area contributed by atoms with Crippen molar-refractivity contribution in [1.82, 2.24) is 10.0 Å². The number of benzene rings is 2. The molecule has 0 bridgehead atoms. The highest BCUT2D eigenvalue weighted by Gasteiger charge is 2.66. The average Bonchev–Trinajstić information content (AvgIpc) is 3.32. The number of amides is 3. The summed E-state index contributed by atoms with van der Waals surface area (Å²) in [4.78, 5) is 42.7. The molecule has 0 radical (unpaired) electrons. The molecule has 1 saturated carbocycles. The summed E-state index contributed by atoms with van der Waals surface area (Å²) in [6.45, 7) is 0.719. The second kappa shape index (κ2) is 8.06. The predicted molar refractivity (Wildman–Crippen MR) is 127 cm³/mol. The van der Waals surface area contributed by atoms with Crippen LogP contribution >= 0.6 is 15.9 Å². The lowest BCUT2D eigenvalue weighted by molar-refractivity contribution is -0.129. The summed E-state index contributed by atoms with van der Waals surface area (Å²) in [5.41, 5.74) is 1.11. The monoisotopic (exact) mass is 507 g/mol. The summed E-state index contributed by atoms with van der Waals surface area (Å²) in [6, 6.07) is 15.5. The molecule has 4 aliphatic rings. The van der Waals surface area contributed by atoms with Gasteiger partial charge in [-0.1, -0.05) is 53.4 Å². The van der Waals surface area contributed by atoms with E-state index in [1.807, 2.05) is 30.3 Å². The van der Waals surface area contributed by atoms with E-state index >= 15 is 0 Å². The fourth-order valence-electron chi connectivity index (χ4n) is 6.64. The van der Waals surface area contributed by atoms with E-state index in [4.69, 9.17) is 0 Å². The van der Waals surface area contributed by atoms with E-state index in [2.05, 4.69) is 20.9 Å². The summed E-state index contributed by atoms with van der Waals surface area (Å²) in [7, 11) is 0. The summed E-state index contributed by atoms with van der Waals surface area (Å²) in [6.07, 6.45) is 5.62. The van der Waals surface area contributed by atoms with Gasteiger partial charge < -0.3 is 0 Å². The summed E-state index contributed by atoms with van der Waals surface area (Å²) < 4.78 is 0.884. The van der Waals surface area contributed by atoms with Gasteiger partial charge in [0.2, 0.25) is 5.91 Å². The third-order valence-corrected chi connectivity index (χ3v) is 8.55. The minimum absolute atomic E-state index is 0.0985. The first-order valence-electron chi connectivity index (χ1n) is 11.8. The highest BCUT2D eigenvalue weighted by molar-refractivity contribution is 9.10. The maximum atomic E-state index is 13.8. The van der Waals surface area contributed by atoms with Gasteiger partial charge in [-0.15, -0.1) is 0 Å². The predicted octanol–water partition coefficient (Wildman–Crippen LogP) is 4.26. The quantitative estimate of drug-likeness (QED) is 0.569. The summed E-state index contributed by atoms with van der Waals surface area (Å²) in [5.74, 6) is -0.261. The van der Waals surface area contributed by atoms with Crippen LogP contribution in [0.1, 0.15) is 42.5 Å². The fraction of sp³-hybridized carbons (Fsp3) is 0.423. The number of anilines is 1. The topological polar surface area (TPSA) is 60.9 Å². The second-order valence-corrected chi connectivity index (χ2v) is 10.5. The van der Waals surface area contributed by atoms with Crippen LogP contribution in [0.3, 0.4) is 0 Å². The zero-order chi connectivity index (χ0) is 22.7.